The molecular formula is C14H17NO3S2. The topological polar surface area (TPSA) is 57.6 Å². The van der Waals surface area contributed by atoms with Gasteiger partial charge in [-0.05, 0) is 29.1 Å². The van der Waals surface area contributed by atoms with Gasteiger partial charge in [-0.25, -0.2) is 8.42 Å². The SMILES string of the molecule is CCN(Cc1cccs1)S(=O)(=O)c1ccc(CO)cc1. The minimum absolute atomic E-state index is 0.0903. The zero-order valence-corrected chi connectivity index (χ0v) is 12.8. The van der Waals surface area contributed by atoms with Crippen molar-refractivity contribution in [1.29, 1.82) is 0 Å². The largest absolute Gasteiger partial charge is 0.392 e. The number of benzene rings is 1. The Kier molecular flexibility index (Phi) is 4.93. The van der Waals surface area contributed by atoms with Crippen LogP contribution in [0.2, 0.25) is 0 Å². The summed E-state index contributed by atoms with van der Waals surface area (Å²) in [6.07, 6.45) is 0. The first-order valence-corrected chi connectivity index (χ1v) is 8.62. The second kappa shape index (κ2) is 6.49. The molecule has 0 amide bonds. The van der Waals surface area contributed by atoms with Crippen molar-refractivity contribution >= 4 is 21.4 Å². The number of aliphatic hydroxyl groups excluding tert-OH is 1. The quantitative estimate of drug-likeness (QED) is 0.891. The van der Waals surface area contributed by atoms with Crippen molar-refractivity contribution in [2.45, 2.75) is 25.0 Å². The molecule has 0 aliphatic rings. The van der Waals surface area contributed by atoms with E-state index in [1.807, 2.05) is 24.4 Å². The van der Waals surface area contributed by atoms with Crippen LogP contribution in [0.3, 0.4) is 0 Å². The van der Waals surface area contributed by atoms with Crippen LogP contribution in [0.4, 0.5) is 0 Å². The minimum atomic E-state index is -3.49. The van der Waals surface area contributed by atoms with E-state index in [-0.39, 0.29) is 11.5 Å². The lowest BCUT2D eigenvalue weighted by Crippen LogP contribution is -2.30. The Morgan fingerprint density at radius 2 is 1.90 bits per heavy atom. The highest BCUT2D eigenvalue weighted by Crippen LogP contribution is 2.20. The summed E-state index contributed by atoms with van der Waals surface area (Å²) in [5, 5.41) is 10.9. The van der Waals surface area contributed by atoms with Gasteiger partial charge in [-0.2, -0.15) is 4.31 Å². The highest BCUT2D eigenvalue weighted by Gasteiger charge is 2.23. The molecule has 1 aromatic heterocycles. The molecule has 2 rings (SSSR count). The summed E-state index contributed by atoms with van der Waals surface area (Å²) in [4.78, 5) is 1.27. The molecule has 0 unspecified atom stereocenters. The third-order valence-electron chi connectivity index (χ3n) is 3.01. The van der Waals surface area contributed by atoms with Gasteiger partial charge in [0.25, 0.3) is 0 Å². The summed E-state index contributed by atoms with van der Waals surface area (Å²) < 4.78 is 26.6. The monoisotopic (exact) mass is 311 g/mol. The van der Waals surface area contributed by atoms with Crippen LogP contribution in [-0.2, 0) is 23.2 Å². The summed E-state index contributed by atoms with van der Waals surface area (Å²) in [6, 6.07) is 10.2. The first-order chi connectivity index (χ1) is 9.57. The molecule has 2 aromatic rings. The highest BCUT2D eigenvalue weighted by molar-refractivity contribution is 7.89. The number of sulfonamides is 1. The molecule has 1 aromatic carbocycles. The van der Waals surface area contributed by atoms with Crippen LogP contribution >= 0.6 is 11.3 Å². The van der Waals surface area contributed by atoms with Gasteiger partial charge in [0.2, 0.25) is 10.0 Å². The molecule has 4 nitrogen and oxygen atoms in total. The van der Waals surface area contributed by atoms with E-state index in [0.717, 1.165) is 4.88 Å². The fourth-order valence-electron chi connectivity index (χ4n) is 1.86. The van der Waals surface area contributed by atoms with Gasteiger partial charge >= 0.3 is 0 Å². The van der Waals surface area contributed by atoms with Crippen molar-refractivity contribution in [1.82, 2.24) is 4.31 Å². The molecule has 0 aliphatic heterocycles. The molecule has 6 heteroatoms. The fourth-order valence-corrected chi connectivity index (χ4v) is 4.09. The van der Waals surface area contributed by atoms with Crippen LogP contribution in [0, 0.1) is 0 Å². The maximum absolute atomic E-state index is 12.6. The average Bonchev–Trinajstić information content (AvgIpc) is 2.97. The zero-order valence-electron chi connectivity index (χ0n) is 11.2. The van der Waals surface area contributed by atoms with Crippen molar-refractivity contribution in [3.63, 3.8) is 0 Å². The van der Waals surface area contributed by atoms with Crippen molar-refractivity contribution in [3.05, 3.63) is 52.2 Å². The van der Waals surface area contributed by atoms with Crippen LogP contribution in [0.15, 0.2) is 46.7 Å². The second-order valence-electron chi connectivity index (χ2n) is 4.31. The summed E-state index contributed by atoms with van der Waals surface area (Å²) in [5.74, 6) is 0. The van der Waals surface area contributed by atoms with Gasteiger partial charge in [-0.1, -0.05) is 25.1 Å². The van der Waals surface area contributed by atoms with Crippen molar-refractivity contribution in [2.24, 2.45) is 0 Å². The molecule has 0 radical (unpaired) electrons. The van der Waals surface area contributed by atoms with Crippen LogP contribution in [0.1, 0.15) is 17.4 Å². The number of hydrogen-bond acceptors (Lipinski definition) is 4. The third kappa shape index (κ3) is 3.27. The molecule has 108 valence electrons. The molecule has 0 spiro atoms. The second-order valence-corrected chi connectivity index (χ2v) is 7.28. The number of hydrogen-bond donors (Lipinski definition) is 1. The molecule has 0 saturated carbocycles. The van der Waals surface area contributed by atoms with E-state index in [1.165, 1.54) is 16.4 Å². The molecule has 0 bridgehead atoms. The molecule has 0 fully saturated rings. The van der Waals surface area contributed by atoms with Crippen LogP contribution in [-0.4, -0.2) is 24.4 Å². The lowest BCUT2D eigenvalue weighted by molar-refractivity contribution is 0.281. The van der Waals surface area contributed by atoms with E-state index in [4.69, 9.17) is 5.11 Å². The Hall–Kier alpha value is -1.21. The summed E-state index contributed by atoms with van der Waals surface area (Å²) in [7, 11) is -3.49. The molecule has 0 saturated heterocycles. The van der Waals surface area contributed by atoms with Gasteiger partial charge in [0.15, 0.2) is 0 Å². The van der Waals surface area contributed by atoms with E-state index in [1.54, 1.807) is 23.5 Å². The lowest BCUT2D eigenvalue weighted by atomic mass is 10.2. The Labute approximate surface area is 123 Å². The Morgan fingerprint density at radius 3 is 2.40 bits per heavy atom. The number of thiophene rings is 1. The van der Waals surface area contributed by atoms with Gasteiger partial charge in [0.05, 0.1) is 11.5 Å². The lowest BCUT2D eigenvalue weighted by Gasteiger charge is -2.20. The van der Waals surface area contributed by atoms with Crippen molar-refractivity contribution in [2.75, 3.05) is 6.54 Å². The average molecular weight is 311 g/mol. The first-order valence-electron chi connectivity index (χ1n) is 6.30. The minimum Gasteiger partial charge on any atom is -0.392 e. The Balaban J connectivity index is 2.26. The Bertz CT molecular complexity index is 634. The maximum atomic E-state index is 12.6. The normalized spacial score (nSPS) is 11.9. The number of rotatable bonds is 6. The fraction of sp³-hybridized carbons (Fsp3) is 0.286. The standard InChI is InChI=1S/C14H17NO3S2/c1-2-15(10-13-4-3-9-19-13)20(17,18)14-7-5-12(11-16)6-8-14/h3-9,16H,2,10-11H2,1H3. The van der Waals surface area contributed by atoms with Crippen LogP contribution in [0.25, 0.3) is 0 Å². The predicted molar refractivity (Wildman–Crippen MR) is 80.0 cm³/mol. The smallest absolute Gasteiger partial charge is 0.243 e. The predicted octanol–water partition coefficient (Wildman–Crippen LogP) is 2.45. The Morgan fingerprint density at radius 1 is 1.20 bits per heavy atom. The molecule has 0 atom stereocenters. The number of aliphatic hydroxyl groups is 1. The van der Waals surface area contributed by atoms with Gasteiger partial charge in [-0.3, -0.25) is 0 Å². The molecule has 20 heavy (non-hydrogen) atoms. The third-order valence-corrected chi connectivity index (χ3v) is 5.80. The summed E-state index contributed by atoms with van der Waals surface area (Å²) in [6.45, 7) is 2.54. The van der Waals surface area contributed by atoms with E-state index in [9.17, 15) is 8.42 Å². The van der Waals surface area contributed by atoms with Crippen molar-refractivity contribution < 1.29 is 13.5 Å². The molecule has 1 heterocycles. The van der Waals surface area contributed by atoms with Crippen LogP contribution < -0.4 is 0 Å². The van der Waals surface area contributed by atoms with Crippen LogP contribution in [0.5, 0.6) is 0 Å². The molecular weight excluding hydrogens is 294 g/mol. The van der Waals surface area contributed by atoms with Gasteiger partial charge in [0, 0.05) is 18.0 Å². The zero-order chi connectivity index (χ0) is 14.6. The molecule has 1 N–H and O–H groups in total. The highest BCUT2D eigenvalue weighted by atomic mass is 32.2. The first kappa shape index (κ1) is 15.2. The van der Waals surface area contributed by atoms with E-state index in [2.05, 4.69) is 0 Å². The van der Waals surface area contributed by atoms with Gasteiger partial charge < -0.3 is 5.11 Å². The van der Waals surface area contributed by atoms with Gasteiger partial charge in [0.1, 0.15) is 0 Å². The number of nitrogens with zero attached hydrogens (tertiary/aromatic N) is 1. The van der Waals surface area contributed by atoms with Crippen molar-refractivity contribution in [3.8, 4) is 0 Å². The van der Waals surface area contributed by atoms with Gasteiger partial charge in [-0.15, -0.1) is 11.3 Å². The molecule has 0 aliphatic carbocycles. The van der Waals surface area contributed by atoms with E-state index in [0.29, 0.717) is 18.7 Å². The van der Waals surface area contributed by atoms with E-state index >= 15 is 0 Å². The maximum Gasteiger partial charge on any atom is 0.243 e. The van der Waals surface area contributed by atoms with E-state index < -0.39 is 10.0 Å². The summed E-state index contributed by atoms with van der Waals surface area (Å²) >= 11 is 1.54. The summed E-state index contributed by atoms with van der Waals surface area (Å²) in [5.41, 5.74) is 0.699.